The summed E-state index contributed by atoms with van der Waals surface area (Å²) < 4.78 is 33.9. The first-order chi connectivity index (χ1) is 16.8. The summed E-state index contributed by atoms with van der Waals surface area (Å²) in [6.07, 6.45) is 3.99. The van der Waals surface area contributed by atoms with Gasteiger partial charge < -0.3 is 20.5 Å². The van der Waals surface area contributed by atoms with Crippen LogP contribution >= 0.6 is 0 Å². The highest BCUT2D eigenvalue weighted by Gasteiger charge is 2.22. The van der Waals surface area contributed by atoms with Crippen molar-refractivity contribution in [2.24, 2.45) is 0 Å². The topological polar surface area (TPSA) is 117 Å². The fourth-order valence-corrected chi connectivity index (χ4v) is 5.22. The fraction of sp³-hybridized carbons (Fsp3) is 0.269. The average molecular weight is 496 g/mol. The highest BCUT2D eigenvalue weighted by Crippen LogP contribution is 2.28. The van der Waals surface area contributed by atoms with Crippen LogP contribution in [0.4, 0.5) is 11.4 Å². The maximum Gasteiger partial charge on any atom is 0.261 e. The predicted molar refractivity (Wildman–Crippen MR) is 135 cm³/mol. The summed E-state index contributed by atoms with van der Waals surface area (Å²) in [6, 6.07) is 18.2. The molecule has 0 saturated heterocycles. The van der Waals surface area contributed by atoms with Gasteiger partial charge in [-0.2, -0.15) is 0 Å². The summed E-state index contributed by atoms with van der Waals surface area (Å²) in [6.45, 7) is 0.302. The van der Waals surface area contributed by atoms with E-state index in [9.17, 15) is 18.3 Å². The first kappa shape index (κ1) is 24.4. The highest BCUT2D eigenvalue weighted by molar-refractivity contribution is 7.92. The Labute approximate surface area is 205 Å². The highest BCUT2D eigenvalue weighted by atomic mass is 32.2. The van der Waals surface area contributed by atoms with Crippen LogP contribution in [0.15, 0.2) is 71.6 Å². The minimum Gasteiger partial charge on any atom is -0.504 e. The lowest BCUT2D eigenvalue weighted by Gasteiger charge is -2.16. The Kier molecular flexibility index (Phi) is 7.45. The number of phenolic OH excluding ortho intramolecular Hbond substituents is 1. The number of amides is 1. The van der Waals surface area contributed by atoms with Crippen molar-refractivity contribution in [3.63, 3.8) is 0 Å². The molecule has 0 atom stereocenters. The van der Waals surface area contributed by atoms with Gasteiger partial charge in [0.2, 0.25) is 0 Å². The number of ether oxygens (including phenoxy) is 1. The Morgan fingerprint density at radius 2 is 1.74 bits per heavy atom. The van der Waals surface area contributed by atoms with Crippen LogP contribution in [0.2, 0.25) is 0 Å². The molecule has 9 heteroatoms. The van der Waals surface area contributed by atoms with Crippen LogP contribution in [0, 0.1) is 0 Å². The third kappa shape index (κ3) is 6.24. The van der Waals surface area contributed by atoms with Gasteiger partial charge in [0.25, 0.3) is 15.9 Å². The van der Waals surface area contributed by atoms with E-state index in [0.717, 1.165) is 31.2 Å². The van der Waals surface area contributed by atoms with Crippen molar-refractivity contribution in [3.8, 4) is 11.5 Å². The molecule has 1 aliphatic carbocycles. The molecule has 0 spiro atoms. The Morgan fingerprint density at radius 3 is 2.43 bits per heavy atom. The second kappa shape index (κ2) is 10.7. The number of phenols is 1. The Hall–Kier alpha value is -3.72. The molecule has 0 heterocycles. The lowest BCUT2D eigenvalue weighted by Crippen LogP contribution is -2.32. The first-order valence-corrected chi connectivity index (χ1v) is 13.0. The Balaban J connectivity index is 1.61. The zero-order valence-electron chi connectivity index (χ0n) is 19.5. The number of aromatic hydroxyl groups is 1. The molecule has 3 aromatic rings. The summed E-state index contributed by atoms with van der Waals surface area (Å²) in [5.74, 6) is 0.0605. The standard InChI is InChI=1S/C26H29N3O5S/c1-34-25-12-11-18(13-24(25)30)17-27-22-14-19(26(31)28-20-7-5-6-8-20)15-23(16-22)35(32,33)29-21-9-3-2-4-10-21/h2-4,9-16,20,27,29-30H,5-8,17H2,1H3,(H,28,31). The van der Waals surface area contributed by atoms with Crippen molar-refractivity contribution in [1.82, 2.24) is 5.32 Å². The molecule has 0 aliphatic heterocycles. The molecule has 1 fully saturated rings. The van der Waals surface area contributed by atoms with Crippen molar-refractivity contribution >= 4 is 27.3 Å². The molecular weight excluding hydrogens is 466 g/mol. The summed E-state index contributed by atoms with van der Waals surface area (Å²) in [4.78, 5) is 13.0. The molecule has 1 amide bonds. The molecule has 1 aliphatic rings. The van der Waals surface area contributed by atoms with Gasteiger partial charge in [0, 0.05) is 29.5 Å². The number of para-hydroxylation sites is 1. The van der Waals surface area contributed by atoms with E-state index in [1.54, 1.807) is 54.6 Å². The number of carbonyl (C=O) groups is 1. The number of carbonyl (C=O) groups excluding carboxylic acids is 1. The normalized spacial score (nSPS) is 13.9. The van der Waals surface area contributed by atoms with Crippen LogP contribution in [-0.4, -0.2) is 32.6 Å². The number of nitrogens with one attached hydrogen (secondary N) is 3. The largest absolute Gasteiger partial charge is 0.504 e. The van der Waals surface area contributed by atoms with Crippen LogP contribution in [-0.2, 0) is 16.6 Å². The number of sulfonamides is 1. The van der Waals surface area contributed by atoms with Gasteiger partial charge >= 0.3 is 0 Å². The Bertz CT molecular complexity index is 1290. The number of rotatable bonds is 9. The van der Waals surface area contributed by atoms with Crippen molar-refractivity contribution in [2.45, 2.75) is 43.2 Å². The van der Waals surface area contributed by atoms with E-state index in [1.165, 1.54) is 19.2 Å². The molecule has 35 heavy (non-hydrogen) atoms. The molecule has 0 aromatic heterocycles. The zero-order valence-corrected chi connectivity index (χ0v) is 20.3. The second-order valence-electron chi connectivity index (χ2n) is 8.53. The van der Waals surface area contributed by atoms with Crippen molar-refractivity contribution in [1.29, 1.82) is 0 Å². The van der Waals surface area contributed by atoms with Gasteiger partial charge in [-0.1, -0.05) is 37.1 Å². The van der Waals surface area contributed by atoms with Gasteiger partial charge in [-0.05, 0) is 60.9 Å². The smallest absolute Gasteiger partial charge is 0.261 e. The van der Waals surface area contributed by atoms with Crippen LogP contribution in [0.25, 0.3) is 0 Å². The number of anilines is 2. The predicted octanol–water partition coefficient (Wildman–Crippen LogP) is 4.49. The lowest BCUT2D eigenvalue weighted by molar-refractivity contribution is 0.0937. The monoisotopic (exact) mass is 495 g/mol. The number of benzene rings is 3. The third-order valence-electron chi connectivity index (χ3n) is 5.94. The van der Waals surface area contributed by atoms with E-state index >= 15 is 0 Å². The van der Waals surface area contributed by atoms with Gasteiger partial charge in [-0.15, -0.1) is 0 Å². The van der Waals surface area contributed by atoms with E-state index in [2.05, 4.69) is 15.4 Å². The van der Waals surface area contributed by atoms with E-state index in [0.29, 0.717) is 23.7 Å². The van der Waals surface area contributed by atoms with Gasteiger partial charge in [-0.25, -0.2) is 8.42 Å². The molecule has 3 aromatic carbocycles. The van der Waals surface area contributed by atoms with Crippen molar-refractivity contribution < 1.29 is 23.1 Å². The molecule has 0 bridgehead atoms. The van der Waals surface area contributed by atoms with Crippen LogP contribution in [0.3, 0.4) is 0 Å². The van der Waals surface area contributed by atoms with E-state index < -0.39 is 10.0 Å². The average Bonchev–Trinajstić information content (AvgIpc) is 3.36. The summed E-state index contributed by atoms with van der Waals surface area (Å²) in [5, 5.41) is 16.2. The number of methoxy groups -OCH3 is 1. The molecule has 0 unspecified atom stereocenters. The van der Waals surface area contributed by atoms with Crippen LogP contribution in [0.5, 0.6) is 11.5 Å². The van der Waals surface area contributed by atoms with Crippen molar-refractivity contribution in [2.75, 3.05) is 17.1 Å². The maximum absolute atomic E-state index is 13.1. The number of hydrogen-bond donors (Lipinski definition) is 4. The molecule has 1 saturated carbocycles. The third-order valence-corrected chi connectivity index (χ3v) is 7.30. The minimum absolute atomic E-state index is 0.00631. The lowest BCUT2D eigenvalue weighted by atomic mass is 10.1. The summed E-state index contributed by atoms with van der Waals surface area (Å²) in [7, 11) is -2.47. The van der Waals surface area contributed by atoms with Gasteiger partial charge in [0.15, 0.2) is 11.5 Å². The van der Waals surface area contributed by atoms with E-state index in [-0.39, 0.29) is 28.2 Å². The minimum atomic E-state index is -3.94. The quantitative estimate of drug-likeness (QED) is 0.348. The van der Waals surface area contributed by atoms with Crippen molar-refractivity contribution in [3.05, 3.63) is 77.9 Å². The van der Waals surface area contributed by atoms with E-state index in [1.807, 2.05) is 0 Å². The van der Waals surface area contributed by atoms with Crippen LogP contribution in [0.1, 0.15) is 41.6 Å². The van der Waals surface area contributed by atoms with Gasteiger partial charge in [0.1, 0.15) is 0 Å². The van der Waals surface area contributed by atoms with Crippen LogP contribution < -0.4 is 20.1 Å². The van der Waals surface area contributed by atoms with Gasteiger partial charge in [-0.3, -0.25) is 9.52 Å². The molecule has 184 valence electrons. The zero-order chi connectivity index (χ0) is 24.8. The molecule has 4 N–H and O–H groups in total. The fourth-order valence-electron chi connectivity index (χ4n) is 4.10. The number of hydrogen-bond acceptors (Lipinski definition) is 6. The maximum atomic E-state index is 13.1. The molecular formula is C26H29N3O5S. The molecule has 8 nitrogen and oxygen atoms in total. The molecule has 4 rings (SSSR count). The molecule has 0 radical (unpaired) electrons. The Morgan fingerprint density at radius 1 is 1.00 bits per heavy atom. The van der Waals surface area contributed by atoms with Gasteiger partial charge in [0.05, 0.1) is 12.0 Å². The first-order valence-electron chi connectivity index (χ1n) is 11.5. The second-order valence-corrected chi connectivity index (χ2v) is 10.2. The summed E-state index contributed by atoms with van der Waals surface area (Å²) >= 11 is 0. The summed E-state index contributed by atoms with van der Waals surface area (Å²) in [5.41, 5.74) is 1.91. The van der Waals surface area contributed by atoms with E-state index in [4.69, 9.17) is 4.74 Å². The SMILES string of the molecule is COc1ccc(CNc2cc(C(=O)NC3CCCC3)cc(S(=O)(=O)Nc3ccccc3)c2)cc1O.